The minimum Gasteiger partial charge on any atom is -0.497 e. The molecule has 6 aromatic rings. The summed E-state index contributed by atoms with van der Waals surface area (Å²) in [5.74, 6) is 0.761. The molecule has 0 spiro atoms. The van der Waals surface area contributed by atoms with E-state index in [0.29, 0.717) is 22.5 Å². The molecule has 176 valence electrons. The maximum Gasteiger partial charge on any atom is 0.196 e. The summed E-state index contributed by atoms with van der Waals surface area (Å²) in [6.07, 6.45) is 0. The van der Waals surface area contributed by atoms with Crippen LogP contribution in [0, 0.1) is 0 Å². The minimum atomic E-state index is -0.00457. The number of carbonyl (C=O) groups is 1. The van der Waals surface area contributed by atoms with E-state index in [2.05, 4.69) is 0 Å². The standard InChI is InChI=1S/C32H21N3O2/c1-37-23-18-16-22(17-19-23)35-32-28(29(34-35)21-12-6-3-7-13-21)26(20-10-4-2-5-11-20)27-30(33-32)24-14-8-9-15-25(24)31(27)36/h2-19H,1H3. The van der Waals surface area contributed by atoms with Gasteiger partial charge in [-0.15, -0.1) is 0 Å². The zero-order valence-electron chi connectivity index (χ0n) is 20.1. The number of benzene rings is 4. The predicted molar refractivity (Wildman–Crippen MR) is 145 cm³/mol. The lowest BCUT2D eigenvalue weighted by molar-refractivity contribution is 0.104. The Labute approximate surface area is 213 Å². The van der Waals surface area contributed by atoms with E-state index in [1.54, 1.807) is 7.11 Å². The molecule has 37 heavy (non-hydrogen) atoms. The van der Waals surface area contributed by atoms with Crippen LogP contribution in [0.3, 0.4) is 0 Å². The fourth-order valence-electron chi connectivity index (χ4n) is 5.18. The first-order chi connectivity index (χ1) is 18.2. The molecule has 2 heterocycles. The molecule has 5 nitrogen and oxygen atoms in total. The van der Waals surface area contributed by atoms with Gasteiger partial charge in [-0.2, -0.15) is 5.10 Å². The van der Waals surface area contributed by atoms with E-state index >= 15 is 0 Å². The molecule has 0 aliphatic heterocycles. The third-order valence-corrected chi connectivity index (χ3v) is 6.90. The van der Waals surface area contributed by atoms with Gasteiger partial charge < -0.3 is 4.74 Å². The Hall–Kier alpha value is -5.03. The summed E-state index contributed by atoms with van der Waals surface area (Å²) in [6, 6.07) is 35.6. The maximum absolute atomic E-state index is 13.8. The van der Waals surface area contributed by atoms with Crippen molar-refractivity contribution < 1.29 is 9.53 Å². The third kappa shape index (κ3) is 3.21. The third-order valence-electron chi connectivity index (χ3n) is 6.90. The molecule has 0 bridgehead atoms. The van der Waals surface area contributed by atoms with Crippen molar-refractivity contribution in [1.82, 2.24) is 14.8 Å². The first-order valence-corrected chi connectivity index (χ1v) is 12.1. The molecule has 0 saturated heterocycles. The number of carbonyl (C=O) groups excluding carboxylic acids is 1. The van der Waals surface area contributed by atoms with Crippen molar-refractivity contribution in [3.63, 3.8) is 0 Å². The number of aromatic nitrogens is 3. The number of pyridine rings is 1. The highest BCUT2D eigenvalue weighted by molar-refractivity contribution is 6.27. The van der Waals surface area contributed by atoms with Crippen molar-refractivity contribution in [2.75, 3.05) is 7.11 Å². The van der Waals surface area contributed by atoms with E-state index < -0.39 is 0 Å². The molecule has 2 aromatic heterocycles. The molecule has 0 radical (unpaired) electrons. The molecule has 0 fully saturated rings. The maximum atomic E-state index is 13.8. The fraction of sp³-hybridized carbons (Fsp3) is 0.0312. The van der Waals surface area contributed by atoms with Gasteiger partial charge in [-0.25, -0.2) is 9.67 Å². The first-order valence-electron chi connectivity index (χ1n) is 12.1. The zero-order chi connectivity index (χ0) is 24.9. The van der Waals surface area contributed by atoms with Gasteiger partial charge >= 0.3 is 0 Å². The van der Waals surface area contributed by atoms with Crippen LogP contribution >= 0.6 is 0 Å². The predicted octanol–water partition coefficient (Wildman–Crippen LogP) is 6.97. The quantitative estimate of drug-likeness (QED) is 0.273. The molecule has 4 aromatic carbocycles. The molecule has 0 unspecified atom stereocenters. The summed E-state index contributed by atoms with van der Waals surface area (Å²) in [6.45, 7) is 0. The van der Waals surface area contributed by atoms with E-state index in [-0.39, 0.29) is 5.78 Å². The number of hydrogen-bond donors (Lipinski definition) is 0. The zero-order valence-corrected chi connectivity index (χ0v) is 20.1. The highest BCUT2D eigenvalue weighted by atomic mass is 16.5. The van der Waals surface area contributed by atoms with Crippen LogP contribution in [0.15, 0.2) is 109 Å². The lowest BCUT2D eigenvalue weighted by Gasteiger charge is -2.12. The van der Waals surface area contributed by atoms with Gasteiger partial charge in [0.15, 0.2) is 11.4 Å². The van der Waals surface area contributed by atoms with Crippen LogP contribution in [-0.4, -0.2) is 27.7 Å². The second-order valence-corrected chi connectivity index (χ2v) is 8.97. The highest BCUT2D eigenvalue weighted by Gasteiger charge is 2.34. The SMILES string of the molecule is COc1ccc(-n2nc(-c3ccccc3)c3c(-c4ccccc4)c4c(nc32)-c2ccccc2C4=O)cc1. The van der Waals surface area contributed by atoms with Gasteiger partial charge in [-0.05, 0) is 29.8 Å². The Morgan fingerprint density at radius 1 is 0.649 bits per heavy atom. The van der Waals surface area contributed by atoms with Crippen LogP contribution in [0.2, 0.25) is 0 Å². The van der Waals surface area contributed by atoms with Gasteiger partial charge in [0.1, 0.15) is 11.4 Å². The molecule has 1 aliphatic carbocycles. The molecule has 5 heteroatoms. The highest BCUT2D eigenvalue weighted by Crippen LogP contribution is 2.46. The lowest BCUT2D eigenvalue weighted by atomic mass is 9.93. The minimum absolute atomic E-state index is 0.00457. The molecular formula is C32H21N3O2. The smallest absolute Gasteiger partial charge is 0.196 e. The number of nitrogens with zero attached hydrogens (tertiary/aromatic N) is 3. The fourth-order valence-corrected chi connectivity index (χ4v) is 5.18. The monoisotopic (exact) mass is 479 g/mol. The molecule has 0 amide bonds. The summed E-state index contributed by atoms with van der Waals surface area (Å²) in [4.78, 5) is 19.0. The van der Waals surface area contributed by atoms with E-state index in [1.165, 1.54) is 0 Å². The van der Waals surface area contributed by atoms with Crippen LogP contribution in [-0.2, 0) is 0 Å². The molecule has 0 atom stereocenters. The summed E-state index contributed by atoms with van der Waals surface area (Å²) in [5, 5.41) is 5.95. The number of ether oxygens (including phenoxy) is 1. The van der Waals surface area contributed by atoms with Gasteiger partial charge in [0.2, 0.25) is 0 Å². The van der Waals surface area contributed by atoms with Gasteiger partial charge in [0.25, 0.3) is 0 Å². The Balaban J connectivity index is 1.65. The summed E-state index contributed by atoms with van der Waals surface area (Å²) < 4.78 is 7.24. The van der Waals surface area contributed by atoms with Crippen molar-refractivity contribution >= 4 is 16.8 Å². The van der Waals surface area contributed by atoms with E-state index in [1.807, 2.05) is 114 Å². The number of rotatable bonds is 4. The number of methoxy groups -OCH3 is 1. The topological polar surface area (TPSA) is 57.0 Å². The summed E-state index contributed by atoms with van der Waals surface area (Å²) in [7, 11) is 1.65. The molecule has 0 saturated carbocycles. The van der Waals surface area contributed by atoms with E-state index in [4.69, 9.17) is 14.8 Å². The van der Waals surface area contributed by atoms with Crippen molar-refractivity contribution in [1.29, 1.82) is 0 Å². The number of ketones is 1. The lowest BCUT2D eigenvalue weighted by Crippen LogP contribution is -2.02. The van der Waals surface area contributed by atoms with Crippen molar-refractivity contribution in [2.24, 2.45) is 0 Å². The molecule has 7 rings (SSSR count). The summed E-state index contributed by atoms with van der Waals surface area (Å²) in [5.41, 5.74) is 7.98. The molecular weight excluding hydrogens is 458 g/mol. The Kier molecular flexibility index (Phi) is 4.76. The van der Waals surface area contributed by atoms with Crippen LogP contribution in [0.25, 0.3) is 50.4 Å². The van der Waals surface area contributed by atoms with Crippen LogP contribution in [0.1, 0.15) is 15.9 Å². The molecule has 0 N–H and O–H groups in total. The van der Waals surface area contributed by atoms with Gasteiger partial charge in [-0.1, -0.05) is 84.9 Å². The van der Waals surface area contributed by atoms with Crippen LogP contribution in [0.4, 0.5) is 0 Å². The van der Waals surface area contributed by atoms with Crippen molar-refractivity contribution in [2.45, 2.75) is 0 Å². The van der Waals surface area contributed by atoms with Gasteiger partial charge in [0.05, 0.1) is 29.4 Å². The average molecular weight is 480 g/mol. The Bertz CT molecular complexity index is 1810. The second-order valence-electron chi connectivity index (χ2n) is 8.97. The average Bonchev–Trinajstić information content (AvgIpc) is 3.49. The van der Waals surface area contributed by atoms with Crippen molar-refractivity contribution in [3.05, 3.63) is 120 Å². The number of hydrogen-bond acceptors (Lipinski definition) is 4. The van der Waals surface area contributed by atoms with E-state index in [9.17, 15) is 4.79 Å². The van der Waals surface area contributed by atoms with E-state index in [0.717, 1.165) is 44.8 Å². The normalized spacial score (nSPS) is 12.0. The first kappa shape index (κ1) is 21.3. The number of fused-ring (bicyclic) bond motifs is 4. The Morgan fingerprint density at radius 3 is 1.95 bits per heavy atom. The molecule has 1 aliphatic rings. The van der Waals surface area contributed by atoms with Gasteiger partial charge in [-0.3, -0.25) is 4.79 Å². The van der Waals surface area contributed by atoms with Crippen LogP contribution < -0.4 is 4.74 Å². The van der Waals surface area contributed by atoms with Gasteiger partial charge in [0, 0.05) is 22.3 Å². The largest absolute Gasteiger partial charge is 0.497 e. The second kappa shape index (κ2) is 8.28. The summed E-state index contributed by atoms with van der Waals surface area (Å²) >= 11 is 0. The van der Waals surface area contributed by atoms with Crippen LogP contribution in [0.5, 0.6) is 5.75 Å². The van der Waals surface area contributed by atoms with Crippen molar-refractivity contribution in [3.8, 4) is 45.1 Å². The Morgan fingerprint density at radius 2 is 1.27 bits per heavy atom.